The molecule has 3 aromatic rings. The normalized spacial score (nSPS) is 12.4. The summed E-state index contributed by atoms with van der Waals surface area (Å²) in [5.41, 5.74) is 0. The van der Waals surface area contributed by atoms with Crippen molar-refractivity contribution < 1.29 is 9.53 Å². The molecule has 0 N–H and O–H groups in total. The van der Waals surface area contributed by atoms with Gasteiger partial charge in [0.15, 0.2) is 0 Å². The van der Waals surface area contributed by atoms with Gasteiger partial charge < -0.3 is 0 Å². The van der Waals surface area contributed by atoms with E-state index in [9.17, 15) is 4.79 Å². The molecule has 0 aliphatic heterocycles. The van der Waals surface area contributed by atoms with E-state index in [-0.39, 0.29) is 10.7 Å². The SMILES string of the molecule is CCCC(C(=O)OCC)[As+](c1ccccc1)(c1ccccc1)c1ccccc1. The Morgan fingerprint density at radius 3 is 1.46 bits per heavy atom. The Labute approximate surface area is 171 Å². The van der Waals surface area contributed by atoms with E-state index >= 15 is 0 Å². The van der Waals surface area contributed by atoms with Crippen molar-refractivity contribution in [2.24, 2.45) is 0 Å². The number of esters is 1. The molecule has 0 aliphatic carbocycles. The first-order valence-corrected chi connectivity index (χ1v) is 13.9. The van der Waals surface area contributed by atoms with Gasteiger partial charge in [0, 0.05) is 0 Å². The average molecular weight is 435 g/mol. The van der Waals surface area contributed by atoms with E-state index in [1.54, 1.807) is 0 Å². The summed E-state index contributed by atoms with van der Waals surface area (Å²) in [7, 11) is 0. The summed E-state index contributed by atoms with van der Waals surface area (Å²) in [6.45, 7) is 4.45. The fourth-order valence-corrected chi connectivity index (χ4v) is 14.3. The molecule has 144 valence electrons. The van der Waals surface area contributed by atoms with Crippen molar-refractivity contribution >= 4 is 32.6 Å². The van der Waals surface area contributed by atoms with Gasteiger partial charge in [0.2, 0.25) is 0 Å². The van der Waals surface area contributed by atoms with Crippen molar-refractivity contribution in [1.29, 1.82) is 0 Å². The molecule has 3 aromatic carbocycles. The van der Waals surface area contributed by atoms with Gasteiger partial charge in [0.25, 0.3) is 0 Å². The number of rotatable bonds is 8. The van der Waals surface area contributed by atoms with Crippen LogP contribution >= 0.6 is 0 Å². The van der Waals surface area contributed by atoms with E-state index in [0.29, 0.717) is 6.61 Å². The van der Waals surface area contributed by atoms with E-state index in [1.807, 2.05) is 25.1 Å². The fourth-order valence-electron chi connectivity index (χ4n) is 3.96. The number of benzene rings is 3. The van der Waals surface area contributed by atoms with Crippen LogP contribution in [0.15, 0.2) is 91.0 Å². The topological polar surface area (TPSA) is 26.3 Å². The maximum atomic E-state index is 13.3. The van der Waals surface area contributed by atoms with Gasteiger partial charge >= 0.3 is 171 Å². The molecule has 1 unspecified atom stereocenters. The number of hydrogen-bond donors (Lipinski definition) is 0. The Bertz CT molecular complexity index is 766. The minimum atomic E-state index is -3.13. The van der Waals surface area contributed by atoms with Crippen LogP contribution in [-0.2, 0) is 9.53 Å². The molecule has 3 heteroatoms. The third-order valence-electron chi connectivity index (χ3n) is 5.08. The second-order valence-corrected chi connectivity index (χ2v) is 14.4. The van der Waals surface area contributed by atoms with E-state index < -0.39 is 13.6 Å². The first-order chi connectivity index (χ1) is 13.7. The van der Waals surface area contributed by atoms with Crippen molar-refractivity contribution in [3.63, 3.8) is 0 Å². The van der Waals surface area contributed by atoms with Gasteiger partial charge in [-0.15, -0.1) is 0 Å². The second kappa shape index (κ2) is 9.75. The van der Waals surface area contributed by atoms with Crippen LogP contribution in [0.25, 0.3) is 0 Å². The third-order valence-corrected chi connectivity index (χ3v) is 15.0. The van der Waals surface area contributed by atoms with Crippen molar-refractivity contribution in [2.75, 3.05) is 6.61 Å². The zero-order valence-electron chi connectivity index (χ0n) is 16.6. The molecule has 3 rings (SSSR count). The molecular weight excluding hydrogens is 407 g/mol. The first-order valence-electron chi connectivity index (χ1n) is 9.97. The van der Waals surface area contributed by atoms with Crippen LogP contribution in [0.5, 0.6) is 0 Å². The number of carbonyl (C=O) groups excluding carboxylic acids is 1. The molecule has 2 nitrogen and oxygen atoms in total. The summed E-state index contributed by atoms with van der Waals surface area (Å²) in [4.78, 5) is 13.3. The van der Waals surface area contributed by atoms with Crippen molar-refractivity contribution in [3.8, 4) is 0 Å². The summed E-state index contributed by atoms with van der Waals surface area (Å²) in [5.74, 6) is -0.0617. The fraction of sp³-hybridized carbons (Fsp3) is 0.240. The Kier molecular flexibility index (Phi) is 7.11. The van der Waals surface area contributed by atoms with Crippen LogP contribution in [-0.4, -0.2) is 26.1 Å². The van der Waals surface area contributed by atoms with Gasteiger partial charge in [-0.05, 0) is 0 Å². The van der Waals surface area contributed by atoms with Gasteiger partial charge in [-0.1, -0.05) is 0 Å². The minimum absolute atomic E-state index is 0.0617. The maximum absolute atomic E-state index is 13.3. The molecule has 0 saturated heterocycles. The van der Waals surface area contributed by atoms with E-state index in [0.717, 1.165) is 12.8 Å². The quantitative estimate of drug-likeness (QED) is 0.397. The van der Waals surface area contributed by atoms with Gasteiger partial charge in [0.1, 0.15) is 0 Å². The molecule has 0 bridgehead atoms. The van der Waals surface area contributed by atoms with Crippen molar-refractivity contribution in [2.45, 2.75) is 31.4 Å². The molecule has 0 saturated carbocycles. The van der Waals surface area contributed by atoms with Crippen LogP contribution in [0.3, 0.4) is 0 Å². The summed E-state index contributed by atoms with van der Waals surface area (Å²) in [6, 6.07) is 31.9. The summed E-state index contributed by atoms with van der Waals surface area (Å²) < 4.78 is 9.33. The van der Waals surface area contributed by atoms with E-state index in [4.69, 9.17) is 4.74 Å². The van der Waals surface area contributed by atoms with Crippen molar-refractivity contribution in [3.05, 3.63) is 91.0 Å². The summed E-state index contributed by atoms with van der Waals surface area (Å²) >= 11 is -3.13. The molecule has 1 atom stereocenters. The van der Waals surface area contributed by atoms with Crippen LogP contribution in [0.2, 0.25) is 4.71 Å². The van der Waals surface area contributed by atoms with Crippen LogP contribution < -0.4 is 13.1 Å². The van der Waals surface area contributed by atoms with Crippen LogP contribution in [0.1, 0.15) is 26.7 Å². The molecule has 0 fully saturated rings. The second-order valence-electron chi connectivity index (χ2n) is 6.79. The van der Waals surface area contributed by atoms with E-state index in [1.165, 1.54) is 13.1 Å². The predicted molar refractivity (Wildman–Crippen MR) is 119 cm³/mol. The van der Waals surface area contributed by atoms with Crippen LogP contribution in [0, 0.1) is 0 Å². The van der Waals surface area contributed by atoms with E-state index in [2.05, 4.69) is 79.7 Å². The molecular formula is C25H28AsO2+. The summed E-state index contributed by atoms with van der Waals surface area (Å²) in [5, 5.41) is 0. The number of ether oxygens (including phenoxy) is 1. The standard InChI is InChI=1S/C25H28AsO2/c1-3-14-24(25(27)28-4-2)26(21-15-8-5-9-16-21,22-17-10-6-11-18-22)23-19-12-7-13-20-23/h5-13,15-20,24H,3-4,14H2,1-2H3/q+1. The molecule has 0 radical (unpaired) electrons. The number of hydrogen-bond acceptors (Lipinski definition) is 2. The van der Waals surface area contributed by atoms with Gasteiger partial charge in [-0.25, -0.2) is 0 Å². The van der Waals surface area contributed by atoms with Gasteiger partial charge in [0.05, 0.1) is 0 Å². The van der Waals surface area contributed by atoms with Gasteiger partial charge in [-0.3, -0.25) is 0 Å². The van der Waals surface area contributed by atoms with Gasteiger partial charge in [-0.2, -0.15) is 0 Å². The monoisotopic (exact) mass is 435 g/mol. The van der Waals surface area contributed by atoms with Crippen LogP contribution in [0.4, 0.5) is 0 Å². The predicted octanol–water partition coefficient (Wildman–Crippen LogP) is 3.89. The third kappa shape index (κ3) is 3.93. The Hall–Kier alpha value is -2.31. The molecule has 28 heavy (non-hydrogen) atoms. The zero-order valence-corrected chi connectivity index (χ0v) is 18.5. The summed E-state index contributed by atoms with van der Waals surface area (Å²) in [6.07, 6.45) is 1.77. The van der Waals surface area contributed by atoms with Crippen molar-refractivity contribution in [1.82, 2.24) is 0 Å². The number of carbonyl (C=O) groups is 1. The zero-order chi connectivity index (χ0) is 19.8. The Balaban J connectivity index is 2.37. The Morgan fingerprint density at radius 2 is 1.14 bits per heavy atom. The molecule has 0 aliphatic rings. The molecule has 0 spiro atoms. The first kappa shape index (κ1) is 20.4. The molecule has 0 heterocycles. The average Bonchev–Trinajstić information content (AvgIpc) is 2.76. The molecule has 0 amide bonds. The molecule has 0 aromatic heterocycles. The Morgan fingerprint density at radius 1 is 0.750 bits per heavy atom.